The molecule has 0 unspecified atom stereocenters. The van der Waals surface area contributed by atoms with E-state index in [2.05, 4.69) is 26.0 Å². The molecule has 1 aromatic carbocycles. The minimum absolute atomic E-state index is 0.0561. The second kappa shape index (κ2) is 7.97. The molecule has 0 bridgehead atoms. The minimum atomic E-state index is -3.47. The van der Waals surface area contributed by atoms with E-state index < -0.39 is 10.0 Å². The van der Waals surface area contributed by atoms with Gasteiger partial charge in [0, 0.05) is 17.1 Å². The van der Waals surface area contributed by atoms with Crippen LogP contribution in [0, 0.1) is 0 Å². The minimum Gasteiger partial charge on any atom is -0.313 e. The van der Waals surface area contributed by atoms with Crippen LogP contribution >= 0.6 is 27.7 Å². The van der Waals surface area contributed by atoms with Crippen molar-refractivity contribution >= 4 is 37.7 Å². The van der Waals surface area contributed by atoms with Crippen molar-refractivity contribution in [2.24, 2.45) is 0 Å². The Morgan fingerprint density at radius 1 is 1.33 bits per heavy atom. The van der Waals surface area contributed by atoms with Gasteiger partial charge < -0.3 is 5.32 Å². The number of hydrogen-bond donors (Lipinski definition) is 2. The molecule has 4 nitrogen and oxygen atoms in total. The van der Waals surface area contributed by atoms with Gasteiger partial charge in [0.05, 0.1) is 4.90 Å². The molecule has 1 saturated heterocycles. The highest BCUT2D eigenvalue weighted by atomic mass is 79.9. The van der Waals surface area contributed by atoms with Crippen LogP contribution in [0.25, 0.3) is 0 Å². The molecule has 1 aliphatic heterocycles. The Kier molecular flexibility index (Phi) is 6.55. The maximum absolute atomic E-state index is 12.6. The Labute approximate surface area is 139 Å². The summed E-state index contributed by atoms with van der Waals surface area (Å²) in [6.45, 7) is 3.56. The summed E-state index contributed by atoms with van der Waals surface area (Å²) in [4.78, 5) is 0.330. The van der Waals surface area contributed by atoms with E-state index in [0.29, 0.717) is 15.9 Å². The molecule has 1 aliphatic rings. The van der Waals surface area contributed by atoms with Crippen molar-refractivity contribution in [3.8, 4) is 0 Å². The second-order valence-corrected chi connectivity index (χ2v) is 8.81. The molecule has 7 heteroatoms. The summed E-state index contributed by atoms with van der Waals surface area (Å²) in [6, 6.07) is 5.54. The molecule has 0 amide bonds. The molecule has 1 fully saturated rings. The first-order valence-electron chi connectivity index (χ1n) is 7.12. The predicted octanol–water partition coefficient (Wildman–Crippen LogP) is 2.73. The first-order chi connectivity index (χ1) is 10.0. The average Bonchev–Trinajstić information content (AvgIpc) is 2.47. The summed E-state index contributed by atoms with van der Waals surface area (Å²) in [5.74, 6) is 2.05. The van der Waals surface area contributed by atoms with Crippen LogP contribution in [0.4, 0.5) is 0 Å². The van der Waals surface area contributed by atoms with Crippen LogP contribution in [0.3, 0.4) is 0 Å². The van der Waals surface area contributed by atoms with Gasteiger partial charge in [-0.1, -0.05) is 13.0 Å². The third-order valence-electron chi connectivity index (χ3n) is 3.41. The topological polar surface area (TPSA) is 58.2 Å². The monoisotopic (exact) mass is 392 g/mol. The van der Waals surface area contributed by atoms with Gasteiger partial charge >= 0.3 is 0 Å². The molecule has 0 aliphatic carbocycles. The Hall–Kier alpha value is -0.0800. The van der Waals surface area contributed by atoms with Gasteiger partial charge in [0.25, 0.3) is 0 Å². The van der Waals surface area contributed by atoms with Crippen LogP contribution in [0.15, 0.2) is 27.6 Å². The molecule has 21 heavy (non-hydrogen) atoms. The molecule has 118 valence electrons. The highest BCUT2D eigenvalue weighted by molar-refractivity contribution is 9.10. The molecular weight excluding hydrogens is 372 g/mol. The number of nitrogens with one attached hydrogen (secondary N) is 2. The van der Waals surface area contributed by atoms with Crippen molar-refractivity contribution in [2.75, 3.05) is 18.1 Å². The Morgan fingerprint density at radius 3 is 2.71 bits per heavy atom. The molecule has 2 rings (SSSR count). The van der Waals surface area contributed by atoms with Crippen LogP contribution < -0.4 is 10.0 Å². The SMILES string of the molecule is CCNCc1ccc(Br)c(S(=O)(=O)NC2CCSCC2)c1. The van der Waals surface area contributed by atoms with Gasteiger partial charge in [-0.2, -0.15) is 11.8 Å². The molecule has 2 N–H and O–H groups in total. The van der Waals surface area contributed by atoms with Gasteiger partial charge in [-0.3, -0.25) is 0 Å². The molecular formula is C14H21BrN2O2S2. The van der Waals surface area contributed by atoms with E-state index in [4.69, 9.17) is 0 Å². The smallest absolute Gasteiger partial charge is 0.241 e. The number of rotatable bonds is 6. The van der Waals surface area contributed by atoms with Crippen molar-refractivity contribution < 1.29 is 8.42 Å². The van der Waals surface area contributed by atoms with Gasteiger partial charge in [-0.15, -0.1) is 0 Å². The summed E-state index contributed by atoms with van der Waals surface area (Å²) in [7, 11) is -3.47. The molecule has 0 saturated carbocycles. The lowest BCUT2D eigenvalue weighted by Crippen LogP contribution is -2.37. The highest BCUT2D eigenvalue weighted by Crippen LogP contribution is 2.25. The van der Waals surface area contributed by atoms with Gasteiger partial charge in [-0.05, 0) is 64.5 Å². The van der Waals surface area contributed by atoms with E-state index in [0.717, 1.165) is 36.5 Å². The van der Waals surface area contributed by atoms with Crippen LogP contribution in [-0.4, -0.2) is 32.5 Å². The average molecular weight is 393 g/mol. The summed E-state index contributed by atoms with van der Waals surface area (Å²) in [5, 5.41) is 3.21. The Balaban J connectivity index is 2.17. The first-order valence-corrected chi connectivity index (χ1v) is 10.5. The van der Waals surface area contributed by atoms with Gasteiger partial charge in [0.1, 0.15) is 0 Å². The van der Waals surface area contributed by atoms with E-state index in [9.17, 15) is 8.42 Å². The number of benzene rings is 1. The second-order valence-electron chi connectivity index (χ2n) is 5.05. The van der Waals surface area contributed by atoms with E-state index in [1.165, 1.54) is 0 Å². The van der Waals surface area contributed by atoms with E-state index >= 15 is 0 Å². The van der Waals surface area contributed by atoms with Crippen molar-refractivity contribution in [1.82, 2.24) is 10.0 Å². The molecule has 0 spiro atoms. The Morgan fingerprint density at radius 2 is 2.05 bits per heavy atom. The van der Waals surface area contributed by atoms with Gasteiger partial charge in [0.15, 0.2) is 0 Å². The summed E-state index contributed by atoms with van der Waals surface area (Å²) in [5.41, 5.74) is 0.972. The largest absolute Gasteiger partial charge is 0.313 e. The van der Waals surface area contributed by atoms with E-state index in [1.807, 2.05) is 24.8 Å². The number of sulfonamides is 1. The van der Waals surface area contributed by atoms with Crippen LogP contribution in [0.1, 0.15) is 25.3 Å². The van der Waals surface area contributed by atoms with Gasteiger partial charge in [0.2, 0.25) is 10.0 Å². The number of halogens is 1. The summed E-state index contributed by atoms with van der Waals surface area (Å²) in [6.07, 6.45) is 1.80. The fourth-order valence-corrected chi connectivity index (χ4v) is 5.66. The third kappa shape index (κ3) is 4.96. The Bertz CT molecular complexity index is 572. The third-order valence-corrected chi connectivity index (χ3v) is 6.97. The molecule has 0 atom stereocenters. The van der Waals surface area contributed by atoms with Crippen LogP contribution in [0.2, 0.25) is 0 Å². The zero-order valence-corrected chi connectivity index (χ0v) is 15.3. The lowest BCUT2D eigenvalue weighted by Gasteiger charge is -2.22. The van der Waals surface area contributed by atoms with Crippen molar-refractivity contribution in [1.29, 1.82) is 0 Å². The van der Waals surface area contributed by atoms with Gasteiger partial charge in [-0.25, -0.2) is 13.1 Å². The molecule has 1 aromatic rings. The fraction of sp³-hybridized carbons (Fsp3) is 0.571. The lowest BCUT2D eigenvalue weighted by molar-refractivity contribution is 0.528. The zero-order chi connectivity index (χ0) is 15.3. The van der Waals surface area contributed by atoms with Crippen molar-refractivity contribution in [2.45, 2.75) is 37.2 Å². The van der Waals surface area contributed by atoms with E-state index in [-0.39, 0.29) is 6.04 Å². The van der Waals surface area contributed by atoms with Crippen molar-refractivity contribution in [3.63, 3.8) is 0 Å². The molecule has 0 aromatic heterocycles. The van der Waals surface area contributed by atoms with Crippen LogP contribution in [0.5, 0.6) is 0 Å². The molecule has 1 heterocycles. The normalized spacial score (nSPS) is 17.0. The quantitative estimate of drug-likeness (QED) is 0.781. The zero-order valence-electron chi connectivity index (χ0n) is 12.1. The fourth-order valence-electron chi connectivity index (χ4n) is 2.23. The number of thioether (sulfide) groups is 1. The van der Waals surface area contributed by atoms with Crippen LogP contribution in [-0.2, 0) is 16.6 Å². The number of hydrogen-bond acceptors (Lipinski definition) is 4. The lowest BCUT2D eigenvalue weighted by atomic mass is 10.2. The molecule has 0 radical (unpaired) electrons. The van der Waals surface area contributed by atoms with E-state index in [1.54, 1.807) is 12.1 Å². The highest BCUT2D eigenvalue weighted by Gasteiger charge is 2.24. The summed E-state index contributed by atoms with van der Waals surface area (Å²) >= 11 is 5.24. The summed E-state index contributed by atoms with van der Waals surface area (Å²) < 4.78 is 28.6. The predicted molar refractivity (Wildman–Crippen MR) is 92.2 cm³/mol. The maximum atomic E-state index is 12.6. The maximum Gasteiger partial charge on any atom is 0.241 e. The first kappa shape index (κ1) is 17.3. The van der Waals surface area contributed by atoms with Crippen molar-refractivity contribution in [3.05, 3.63) is 28.2 Å². The standard InChI is InChI=1S/C14H21BrN2O2S2/c1-2-16-10-11-3-4-13(15)14(9-11)21(18,19)17-12-5-7-20-8-6-12/h3-4,9,12,16-17H,2,5-8,10H2,1H3.